The van der Waals surface area contributed by atoms with Crippen LogP contribution in [0.15, 0.2) is 35.2 Å². The Hall–Kier alpha value is -1.97. The van der Waals surface area contributed by atoms with Crippen LogP contribution in [0.25, 0.3) is 0 Å². The van der Waals surface area contributed by atoms with Gasteiger partial charge in [0, 0.05) is 19.5 Å². The number of sulfonamides is 1. The maximum atomic E-state index is 13.0. The first-order valence-electron chi connectivity index (χ1n) is 10.5. The molecule has 2 unspecified atom stereocenters. The number of aliphatic carboxylic acids is 2. The highest BCUT2D eigenvalue weighted by atomic mass is 32.2. The third-order valence-electron chi connectivity index (χ3n) is 6.42. The highest BCUT2D eigenvalue weighted by molar-refractivity contribution is 7.89. The highest BCUT2D eigenvalue weighted by Crippen LogP contribution is 2.32. The van der Waals surface area contributed by atoms with Gasteiger partial charge in [-0.3, -0.25) is 9.59 Å². The van der Waals surface area contributed by atoms with Gasteiger partial charge in [0.25, 0.3) is 0 Å². The van der Waals surface area contributed by atoms with Crippen molar-refractivity contribution in [1.29, 1.82) is 0 Å². The van der Waals surface area contributed by atoms with Crippen LogP contribution in [0.4, 0.5) is 0 Å². The summed E-state index contributed by atoms with van der Waals surface area (Å²) >= 11 is 0. The quantitative estimate of drug-likeness (QED) is 0.638. The molecule has 1 aromatic carbocycles. The Bertz CT molecular complexity index is 836. The van der Waals surface area contributed by atoms with Crippen molar-refractivity contribution in [3.63, 3.8) is 0 Å². The van der Waals surface area contributed by atoms with Crippen LogP contribution in [-0.4, -0.2) is 72.5 Å². The average Bonchev–Trinajstić information content (AvgIpc) is 2.73. The minimum Gasteiger partial charge on any atom is -0.481 e. The lowest BCUT2D eigenvalue weighted by Crippen LogP contribution is -2.45. The second-order valence-corrected chi connectivity index (χ2v) is 10.3. The van der Waals surface area contributed by atoms with E-state index in [9.17, 15) is 23.1 Å². The second kappa shape index (κ2) is 9.89. The Morgan fingerprint density at radius 2 is 1.63 bits per heavy atom. The van der Waals surface area contributed by atoms with E-state index in [1.165, 1.54) is 4.31 Å². The van der Waals surface area contributed by atoms with Gasteiger partial charge in [-0.2, -0.15) is 4.31 Å². The number of carboxylic acids is 2. The van der Waals surface area contributed by atoms with Crippen LogP contribution in [0.5, 0.6) is 0 Å². The fraction of sp³-hybridized carbons (Fsp3) is 0.619. The first kappa shape index (κ1) is 22.7. The number of likely N-dealkylation sites (tertiary alicyclic amines) is 1. The normalized spacial score (nSPS) is 24.5. The van der Waals surface area contributed by atoms with Crippen LogP contribution >= 0.6 is 0 Å². The first-order chi connectivity index (χ1) is 14.3. The summed E-state index contributed by atoms with van der Waals surface area (Å²) < 4.78 is 27.5. The molecule has 0 bridgehead atoms. The van der Waals surface area contributed by atoms with Gasteiger partial charge < -0.3 is 15.1 Å². The van der Waals surface area contributed by atoms with Crippen LogP contribution in [-0.2, 0) is 19.6 Å². The van der Waals surface area contributed by atoms with Crippen LogP contribution in [0.2, 0.25) is 0 Å². The van der Waals surface area contributed by atoms with E-state index in [1.807, 2.05) is 0 Å². The summed E-state index contributed by atoms with van der Waals surface area (Å²) in [7, 11) is -3.60. The van der Waals surface area contributed by atoms with Gasteiger partial charge >= 0.3 is 11.9 Å². The number of rotatable bonds is 8. The molecule has 8 nitrogen and oxygen atoms in total. The SMILES string of the molecule is O=C(O)CC1CCN(S(=O)(=O)c2ccccc2)CC1CCN1CCC(C(=O)O)CC1. The minimum atomic E-state index is -3.60. The van der Waals surface area contributed by atoms with Crippen molar-refractivity contribution in [2.75, 3.05) is 32.7 Å². The van der Waals surface area contributed by atoms with E-state index in [0.717, 1.165) is 6.54 Å². The summed E-state index contributed by atoms with van der Waals surface area (Å²) in [5, 5.41) is 18.4. The maximum absolute atomic E-state index is 13.0. The fourth-order valence-corrected chi connectivity index (χ4v) is 6.11. The van der Waals surface area contributed by atoms with Crippen molar-refractivity contribution < 1.29 is 28.2 Å². The largest absolute Gasteiger partial charge is 0.481 e. The third kappa shape index (κ3) is 5.59. The van der Waals surface area contributed by atoms with Crippen LogP contribution < -0.4 is 0 Å². The van der Waals surface area contributed by atoms with Crippen molar-refractivity contribution in [3.8, 4) is 0 Å². The Morgan fingerprint density at radius 1 is 0.967 bits per heavy atom. The standard InChI is InChI=1S/C21H30N2O6S/c24-20(25)14-17-9-13-23(30(28,29)19-4-2-1-3-5-19)15-18(17)8-12-22-10-6-16(7-11-22)21(26)27/h1-5,16-18H,6-15H2,(H,24,25)(H,26,27). The predicted molar refractivity (Wildman–Crippen MR) is 110 cm³/mol. The lowest BCUT2D eigenvalue weighted by Gasteiger charge is -2.39. The predicted octanol–water partition coefficient (Wildman–Crippen LogP) is 1.97. The maximum Gasteiger partial charge on any atom is 0.306 e. The van der Waals surface area contributed by atoms with Gasteiger partial charge in [-0.1, -0.05) is 18.2 Å². The van der Waals surface area contributed by atoms with Crippen molar-refractivity contribution in [1.82, 2.24) is 9.21 Å². The minimum absolute atomic E-state index is 0.0365. The second-order valence-electron chi connectivity index (χ2n) is 8.33. The number of nitrogens with zero attached hydrogens (tertiary/aromatic N) is 2. The summed E-state index contributed by atoms with van der Waals surface area (Å²) in [6.07, 6.45) is 2.52. The van der Waals surface area contributed by atoms with E-state index in [2.05, 4.69) is 4.90 Å². The summed E-state index contributed by atoms with van der Waals surface area (Å²) in [4.78, 5) is 24.9. The molecule has 0 aromatic heterocycles. The van der Waals surface area contributed by atoms with E-state index in [-0.39, 0.29) is 29.1 Å². The van der Waals surface area contributed by atoms with Gasteiger partial charge in [-0.15, -0.1) is 0 Å². The summed E-state index contributed by atoms with van der Waals surface area (Å²) in [6.45, 7) is 2.79. The van der Waals surface area contributed by atoms with E-state index in [4.69, 9.17) is 5.11 Å². The van der Waals surface area contributed by atoms with Gasteiger partial charge in [0.05, 0.1) is 10.8 Å². The molecule has 0 spiro atoms. The van der Waals surface area contributed by atoms with Gasteiger partial charge in [0.15, 0.2) is 0 Å². The molecular formula is C21H30N2O6S. The Labute approximate surface area is 177 Å². The van der Waals surface area contributed by atoms with Crippen molar-refractivity contribution in [2.24, 2.45) is 17.8 Å². The third-order valence-corrected chi connectivity index (χ3v) is 8.30. The number of hydrogen-bond acceptors (Lipinski definition) is 5. The zero-order valence-corrected chi connectivity index (χ0v) is 17.8. The molecule has 2 N–H and O–H groups in total. The van der Waals surface area contributed by atoms with E-state index in [1.54, 1.807) is 30.3 Å². The molecule has 0 radical (unpaired) electrons. The molecule has 166 valence electrons. The van der Waals surface area contributed by atoms with Crippen LogP contribution in [0.1, 0.15) is 32.1 Å². The number of hydrogen-bond donors (Lipinski definition) is 2. The molecule has 2 heterocycles. The topological polar surface area (TPSA) is 115 Å². The molecule has 2 fully saturated rings. The van der Waals surface area contributed by atoms with Gasteiger partial charge in [-0.05, 0) is 69.3 Å². The molecular weight excluding hydrogens is 408 g/mol. The lowest BCUT2D eigenvalue weighted by atomic mass is 9.81. The molecule has 30 heavy (non-hydrogen) atoms. The molecule has 3 rings (SSSR count). The van der Waals surface area contributed by atoms with Gasteiger partial charge in [0.2, 0.25) is 10.0 Å². The zero-order chi connectivity index (χ0) is 21.7. The van der Waals surface area contributed by atoms with Crippen molar-refractivity contribution in [3.05, 3.63) is 30.3 Å². The van der Waals surface area contributed by atoms with Crippen molar-refractivity contribution >= 4 is 22.0 Å². The van der Waals surface area contributed by atoms with E-state index >= 15 is 0 Å². The summed E-state index contributed by atoms with van der Waals surface area (Å²) in [5.74, 6) is -1.98. The monoisotopic (exact) mass is 438 g/mol. The van der Waals surface area contributed by atoms with Gasteiger partial charge in [0.1, 0.15) is 0 Å². The molecule has 2 aliphatic rings. The Balaban J connectivity index is 1.64. The molecule has 2 saturated heterocycles. The summed E-state index contributed by atoms with van der Waals surface area (Å²) in [6, 6.07) is 8.33. The number of piperidine rings is 2. The Morgan fingerprint density at radius 3 is 2.23 bits per heavy atom. The number of carboxylic acid groups (broad SMARTS) is 2. The van der Waals surface area contributed by atoms with E-state index < -0.39 is 22.0 Å². The molecule has 0 aliphatic carbocycles. The molecule has 2 aliphatic heterocycles. The van der Waals surface area contributed by atoms with E-state index in [0.29, 0.717) is 51.9 Å². The summed E-state index contributed by atoms with van der Waals surface area (Å²) in [5.41, 5.74) is 0. The van der Waals surface area contributed by atoms with Crippen LogP contribution in [0, 0.1) is 17.8 Å². The Kier molecular flexibility index (Phi) is 7.49. The molecule has 0 saturated carbocycles. The van der Waals surface area contributed by atoms with Crippen LogP contribution in [0.3, 0.4) is 0 Å². The fourth-order valence-electron chi connectivity index (χ4n) is 4.58. The number of benzene rings is 1. The smallest absolute Gasteiger partial charge is 0.306 e. The number of carbonyl (C=O) groups is 2. The van der Waals surface area contributed by atoms with Gasteiger partial charge in [-0.25, -0.2) is 8.42 Å². The average molecular weight is 439 g/mol. The van der Waals surface area contributed by atoms with Crippen molar-refractivity contribution in [2.45, 2.75) is 37.0 Å². The molecule has 2 atom stereocenters. The molecule has 0 amide bonds. The zero-order valence-electron chi connectivity index (χ0n) is 17.0. The highest BCUT2D eigenvalue weighted by Gasteiger charge is 2.36. The molecule has 9 heteroatoms. The lowest BCUT2D eigenvalue weighted by molar-refractivity contribution is -0.143. The first-order valence-corrected chi connectivity index (χ1v) is 11.9. The molecule has 1 aromatic rings.